The number of unbranched alkanes of at least 4 members (excludes halogenated alkanes) is 2. The van der Waals surface area contributed by atoms with Crippen LogP contribution in [0, 0.1) is 29.6 Å². The molecule has 0 aromatic heterocycles. The van der Waals surface area contributed by atoms with Gasteiger partial charge < -0.3 is 5.32 Å². The Bertz CT molecular complexity index is 501. The van der Waals surface area contributed by atoms with Crippen LogP contribution < -0.4 is 5.32 Å². The lowest BCUT2D eigenvalue weighted by molar-refractivity contribution is -0.116. The highest BCUT2D eigenvalue weighted by atomic mass is 16.1. The van der Waals surface area contributed by atoms with E-state index in [0.29, 0.717) is 12.5 Å². The van der Waals surface area contributed by atoms with Crippen molar-refractivity contribution < 1.29 is 4.79 Å². The van der Waals surface area contributed by atoms with Gasteiger partial charge in [-0.05, 0) is 43.9 Å². The lowest BCUT2D eigenvalue weighted by Crippen LogP contribution is -2.25. The zero-order chi connectivity index (χ0) is 16.5. The molecule has 0 aromatic carbocycles. The molecule has 0 aliphatic carbocycles. The molecule has 118 valence electrons. The maximum atomic E-state index is 11.4. The predicted octanol–water partition coefficient (Wildman–Crippen LogP) is 4.01. The van der Waals surface area contributed by atoms with Crippen LogP contribution in [0.3, 0.4) is 0 Å². The van der Waals surface area contributed by atoms with E-state index in [-0.39, 0.29) is 5.91 Å². The van der Waals surface area contributed by atoms with Gasteiger partial charge in [0.05, 0.1) is 0 Å². The summed E-state index contributed by atoms with van der Waals surface area (Å²) < 4.78 is 0. The molecule has 0 aliphatic rings. The summed E-state index contributed by atoms with van der Waals surface area (Å²) in [5.74, 6) is 11.6. The predicted molar refractivity (Wildman–Crippen MR) is 95.0 cm³/mol. The molecule has 0 unspecified atom stereocenters. The Morgan fingerprint density at radius 3 is 2.59 bits per heavy atom. The highest BCUT2D eigenvalue weighted by Gasteiger charge is 1.95. The maximum Gasteiger partial charge on any atom is 0.243 e. The van der Waals surface area contributed by atoms with Gasteiger partial charge >= 0.3 is 0 Å². The van der Waals surface area contributed by atoms with Crippen LogP contribution in [-0.4, -0.2) is 12.5 Å². The van der Waals surface area contributed by atoms with Crippen molar-refractivity contribution in [1.82, 2.24) is 5.32 Å². The second-order valence-corrected chi connectivity index (χ2v) is 5.21. The average molecular weight is 297 g/mol. The number of hydrogen-bond donors (Lipinski definition) is 1. The summed E-state index contributed by atoms with van der Waals surface area (Å²) in [6, 6.07) is 0. The molecule has 2 heteroatoms. The third-order valence-electron chi connectivity index (χ3n) is 2.58. The number of rotatable bonds is 9. The van der Waals surface area contributed by atoms with E-state index < -0.39 is 0 Å². The van der Waals surface area contributed by atoms with Gasteiger partial charge in [-0.25, -0.2) is 0 Å². The van der Waals surface area contributed by atoms with Crippen LogP contribution in [0.15, 0.2) is 36.5 Å². The third-order valence-corrected chi connectivity index (χ3v) is 2.58. The van der Waals surface area contributed by atoms with Crippen LogP contribution in [0.1, 0.15) is 46.5 Å². The number of amides is 1. The summed E-state index contributed by atoms with van der Waals surface area (Å²) in [5.41, 5.74) is 0. The number of allylic oxidation sites excluding steroid dienone is 5. The molecule has 22 heavy (non-hydrogen) atoms. The lowest BCUT2D eigenvalue weighted by Gasteiger charge is -2.03. The van der Waals surface area contributed by atoms with Gasteiger partial charge in [-0.15, -0.1) is 0 Å². The Hall–Kier alpha value is -2.19. The molecule has 0 fully saturated rings. The minimum Gasteiger partial charge on any atom is -0.352 e. The topological polar surface area (TPSA) is 29.1 Å². The quantitative estimate of drug-likeness (QED) is 0.225. The first-order valence-electron chi connectivity index (χ1n) is 7.82. The van der Waals surface area contributed by atoms with Gasteiger partial charge in [0.15, 0.2) is 0 Å². The Morgan fingerprint density at radius 1 is 1.09 bits per heavy atom. The van der Waals surface area contributed by atoms with Gasteiger partial charge in [0, 0.05) is 19.0 Å². The third kappa shape index (κ3) is 15.9. The zero-order valence-electron chi connectivity index (χ0n) is 14.0. The van der Waals surface area contributed by atoms with E-state index in [2.05, 4.69) is 61.1 Å². The maximum absolute atomic E-state index is 11.4. The fourth-order valence-corrected chi connectivity index (χ4v) is 1.45. The van der Waals surface area contributed by atoms with Gasteiger partial charge in [-0.3, -0.25) is 4.79 Å². The average Bonchev–Trinajstić information content (AvgIpc) is 2.49. The fraction of sp³-hybridized carbons (Fsp3) is 0.450. The van der Waals surface area contributed by atoms with E-state index in [0.717, 1.165) is 25.7 Å². The monoisotopic (exact) mass is 297 g/mol. The van der Waals surface area contributed by atoms with E-state index in [4.69, 9.17) is 0 Å². The second-order valence-electron chi connectivity index (χ2n) is 5.21. The van der Waals surface area contributed by atoms with Crippen molar-refractivity contribution in [2.45, 2.75) is 46.5 Å². The summed E-state index contributed by atoms with van der Waals surface area (Å²) >= 11 is 0. The summed E-state index contributed by atoms with van der Waals surface area (Å²) in [5, 5.41) is 2.84. The number of carbonyl (C=O) groups is 1. The number of hydrogen-bond acceptors (Lipinski definition) is 1. The molecule has 1 amide bonds. The number of carbonyl (C=O) groups excluding carboxylic acids is 1. The van der Waals surface area contributed by atoms with Crippen molar-refractivity contribution in [3.8, 4) is 23.7 Å². The Morgan fingerprint density at radius 2 is 1.86 bits per heavy atom. The SMILES string of the molecule is CC#CC#CCC=CCCCC=CC=CC(=O)NCC(C)C. The molecule has 0 saturated carbocycles. The minimum atomic E-state index is -0.0323. The molecule has 1 N–H and O–H groups in total. The van der Waals surface area contributed by atoms with Gasteiger partial charge in [0.25, 0.3) is 0 Å². The molecular formula is C20H27NO. The standard InChI is InChI=1S/C20H27NO/c1-4-5-6-7-8-9-10-11-12-13-14-15-16-17-20(22)21-18-19(2)3/h9-10,14-17,19H,8,11-13,18H2,1-3H3,(H,21,22). The smallest absolute Gasteiger partial charge is 0.243 e. The van der Waals surface area contributed by atoms with Crippen LogP contribution in [0.2, 0.25) is 0 Å². The van der Waals surface area contributed by atoms with Crippen molar-refractivity contribution in [3.63, 3.8) is 0 Å². The van der Waals surface area contributed by atoms with Gasteiger partial charge in [-0.1, -0.05) is 56.1 Å². The van der Waals surface area contributed by atoms with Crippen molar-refractivity contribution in [1.29, 1.82) is 0 Å². The molecule has 0 radical (unpaired) electrons. The van der Waals surface area contributed by atoms with E-state index in [1.54, 1.807) is 19.1 Å². The van der Waals surface area contributed by atoms with E-state index >= 15 is 0 Å². The molecule has 0 rings (SSSR count). The van der Waals surface area contributed by atoms with Crippen LogP contribution in [0.25, 0.3) is 0 Å². The zero-order valence-corrected chi connectivity index (χ0v) is 14.0. The molecule has 0 spiro atoms. The molecule has 0 bridgehead atoms. The van der Waals surface area contributed by atoms with Crippen molar-refractivity contribution in [3.05, 3.63) is 36.5 Å². The van der Waals surface area contributed by atoms with E-state index in [1.807, 2.05) is 6.08 Å². The lowest BCUT2D eigenvalue weighted by atomic mass is 10.2. The Balaban J connectivity index is 3.62. The molecule has 0 atom stereocenters. The molecular weight excluding hydrogens is 270 g/mol. The van der Waals surface area contributed by atoms with Crippen molar-refractivity contribution in [2.75, 3.05) is 6.54 Å². The van der Waals surface area contributed by atoms with Crippen LogP contribution >= 0.6 is 0 Å². The fourth-order valence-electron chi connectivity index (χ4n) is 1.45. The molecule has 0 saturated heterocycles. The minimum absolute atomic E-state index is 0.0323. The Labute approximate surface area is 135 Å². The normalized spacial score (nSPS) is 10.7. The summed E-state index contributed by atoms with van der Waals surface area (Å²) in [4.78, 5) is 11.4. The summed E-state index contributed by atoms with van der Waals surface area (Å²) in [6.45, 7) is 6.65. The first kappa shape index (κ1) is 19.8. The highest BCUT2D eigenvalue weighted by Crippen LogP contribution is 1.99. The largest absolute Gasteiger partial charge is 0.352 e. The first-order chi connectivity index (χ1) is 10.7. The van der Waals surface area contributed by atoms with Gasteiger partial charge in [-0.2, -0.15) is 0 Å². The molecule has 0 aliphatic heterocycles. The second kappa shape index (κ2) is 15.2. The van der Waals surface area contributed by atoms with Crippen LogP contribution in [0.5, 0.6) is 0 Å². The van der Waals surface area contributed by atoms with Gasteiger partial charge in [0.1, 0.15) is 0 Å². The van der Waals surface area contributed by atoms with E-state index in [9.17, 15) is 4.79 Å². The molecule has 0 aromatic rings. The molecule has 0 heterocycles. The summed E-state index contributed by atoms with van der Waals surface area (Å²) in [7, 11) is 0. The summed E-state index contributed by atoms with van der Waals surface area (Å²) in [6.07, 6.45) is 15.5. The number of nitrogens with one attached hydrogen (secondary N) is 1. The first-order valence-corrected chi connectivity index (χ1v) is 7.82. The van der Waals surface area contributed by atoms with Gasteiger partial charge in [0.2, 0.25) is 5.91 Å². The van der Waals surface area contributed by atoms with Crippen molar-refractivity contribution >= 4 is 5.91 Å². The van der Waals surface area contributed by atoms with E-state index in [1.165, 1.54) is 0 Å². The van der Waals surface area contributed by atoms with Crippen LogP contribution in [-0.2, 0) is 4.79 Å². The Kier molecular flexibility index (Phi) is 13.7. The molecule has 2 nitrogen and oxygen atoms in total. The van der Waals surface area contributed by atoms with Crippen molar-refractivity contribution in [2.24, 2.45) is 5.92 Å². The highest BCUT2D eigenvalue weighted by molar-refractivity contribution is 5.87. The van der Waals surface area contributed by atoms with Crippen LogP contribution in [0.4, 0.5) is 0 Å².